The Kier molecular flexibility index (Phi) is 1.71. The first-order valence-corrected chi connectivity index (χ1v) is 3.11. The van der Waals surface area contributed by atoms with Gasteiger partial charge >= 0.3 is 0 Å². The third-order valence-electron chi connectivity index (χ3n) is 0.894. The van der Waals surface area contributed by atoms with Crippen LogP contribution >= 0.6 is 15.9 Å². The average Bonchev–Trinajstić information content (AvgIpc) is 1.80. The lowest BCUT2D eigenvalue weighted by Crippen LogP contribution is -1.92. The Hall–Kier alpha value is -0.570. The van der Waals surface area contributed by atoms with Crippen molar-refractivity contribution >= 4 is 15.9 Å². The largest absolute Gasteiger partial charge is 0.870 e. The Bertz CT molecular complexity index is 224. The summed E-state index contributed by atoms with van der Waals surface area (Å²) in [6, 6.07) is 3.83. The normalized spacial score (nSPS) is 9.56. The fourth-order valence-electron chi connectivity index (χ4n) is 0.475. The van der Waals surface area contributed by atoms with Gasteiger partial charge in [0.2, 0.25) is 0 Å². The van der Waals surface area contributed by atoms with Gasteiger partial charge in [0.1, 0.15) is 5.82 Å². The molecule has 9 heavy (non-hydrogen) atoms. The maximum absolute atomic E-state index is 12.2. The fraction of sp³-hybridized carbons (Fsp3) is 0. The molecule has 1 aromatic carbocycles. The molecule has 0 radical (unpaired) electrons. The minimum Gasteiger partial charge on any atom is -0.870 e. The van der Waals surface area contributed by atoms with Crippen LogP contribution in [0, 0.1) is 5.82 Å². The summed E-state index contributed by atoms with van der Waals surface area (Å²) in [4.78, 5) is 0. The Morgan fingerprint density at radius 1 is 1.44 bits per heavy atom. The van der Waals surface area contributed by atoms with E-state index in [-0.39, 0.29) is 0 Å². The minimum absolute atomic E-state index is 0.571. The molecule has 0 amide bonds. The van der Waals surface area contributed by atoms with Crippen molar-refractivity contribution in [2.24, 2.45) is 0 Å². The number of benzene rings is 1. The van der Waals surface area contributed by atoms with E-state index in [0.29, 0.717) is 4.47 Å². The molecule has 0 bridgehead atoms. The second-order valence-corrected chi connectivity index (χ2v) is 2.49. The highest BCUT2D eigenvalue weighted by Gasteiger charge is 1.90. The van der Waals surface area contributed by atoms with Gasteiger partial charge in [0.25, 0.3) is 0 Å². The molecule has 0 N–H and O–H groups in total. The van der Waals surface area contributed by atoms with Gasteiger partial charge in [-0.15, -0.1) is 0 Å². The maximum Gasteiger partial charge on any atom is 0.116 e. The van der Waals surface area contributed by atoms with Crippen molar-refractivity contribution < 1.29 is 9.50 Å². The van der Waals surface area contributed by atoms with E-state index in [1.54, 1.807) is 0 Å². The molecule has 0 aliphatic carbocycles. The predicted octanol–water partition coefficient (Wildman–Crippen LogP) is 1.66. The molecule has 0 aliphatic heterocycles. The lowest BCUT2D eigenvalue weighted by atomic mass is 10.3. The highest BCUT2D eigenvalue weighted by molar-refractivity contribution is 9.10. The third kappa shape index (κ3) is 1.42. The quantitative estimate of drug-likeness (QED) is 0.609. The predicted molar refractivity (Wildman–Crippen MR) is 33.5 cm³/mol. The van der Waals surface area contributed by atoms with Crippen LogP contribution in [0.25, 0.3) is 0 Å². The van der Waals surface area contributed by atoms with Crippen LogP contribution in [-0.4, -0.2) is 0 Å². The smallest absolute Gasteiger partial charge is 0.116 e. The van der Waals surface area contributed by atoms with Gasteiger partial charge in [0.15, 0.2) is 0 Å². The lowest BCUT2D eigenvalue weighted by Gasteiger charge is -2.04. The van der Waals surface area contributed by atoms with Gasteiger partial charge in [-0.05, 0) is 12.1 Å². The van der Waals surface area contributed by atoms with Gasteiger partial charge in [0.05, 0.1) is 0 Å². The van der Waals surface area contributed by atoms with Gasteiger partial charge in [-0.25, -0.2) is 4.39 Å². The molecule has 0 aliphatic rings. The van der Waals surface area contributed by atoms with Gasteiger partial charge in [-0.3, -0.25) is 0 Å². The zero-order valence-electron chi connectivity index (χ0n) is 4.40. The Labute approximate surface area is 60.3 Å². The van der Waals surface area contributed by atoms with Crippen LogP contribution < -0.4 is 5.11 Å². The van der Waals surface area contributed by atoms with Crippen LogP contribution in [0.1, 0.15) is 0 Å². The van der Waals surface area contributed by atoms with Gasteiger partial charge in [-0.1, -0.05) is 27.7 Å². The van der Waals surface area contributed by atoms with Crippen molar-refractivity contribution in [3.05, 3.63) is 28.5 Å². The molecule has 0 saturated carbocycles. The fourth-order valence-corrected chi connectivity index (χ4v) is 0.808. The molecule has 3 heteroatoms. The second-order valence-electron chi connectivity index (χ2n) is 1.57. The van der Waals surface area contributed by atoms with Crippen molar-refractivity contribution in [3.63, 3.8) is 0 Å². The molecule has 0 spiro atoms. The van der Waals surface area contributed by atoms with Gasteiger partial charge < -0.3 is 5.11 Å². The minimum atomic E-state index is -0.718. The summed E-state index contributed by atoms with van der Waals surface area (Å²) in [6.07, 6.45) is 0. The Morgan fingerprint density at radius 3 is 2.56 bits per heavy atom. The van der Waals surface area contributed by atoms with E-state index in [1.807, 2.05) is 0 Å². The van der Waals surface area contributed by atoms with Crippen LogP contribution in [0.4, 0.5) is 4.39 Å². The molecule has 1 rings (SSSR count). The standard InChI is InChI=1S/C6H4BrFO/c7-4-1-2-6(9)5(8)3-4/h1-3,9H/p-1. The molecule has 0 saturated heterocycles. The van der Waals surface area contributed by atoms with Crippen molar-refractivity contribution in [2.75, 3.05) is 0 Å². The number of halogens is 2. The lowest BCUT2D eigenvalue weighted by molar-refractivity contribution is -0.272. The van der Waals surface area contributed by atoms with Crippen molar-refractivity contribution in [3.8, 4) is 5.75 Å². The van der Waals surface area contributed by atoms with Crippen LogP contribution in [0.2, 0.25) is 0 Å². The summed E-state index contributed by atoms with van der Waals surface area (Å²) >= 11 is 3.02. The Morgan fingerprint density at radius 2 is 2.11 bits per heavy atom. The molecule has 0 atom stereocenters. The highest BCUT2D eigenvalue weighted by Crippen LogP contribution is 2.16. The summed E-state index contributed by atoms with van der Waals surface area (Å²) < 4.78 is 12.8. The van der Waals surface area contributed by atoms with Crippen LogP contribution in [0.15, 0.2) is 22.7 Å². The van der Waals surface area contributed by atoms with E-state index >= 15 is 0 Å². The molecule has 1 nitrogen and oxygen atoms in total. The third-order valence-corrected chi connectivity index (χ3v) is 1.39. The van der Waals surface area contributed by atoms with Crippen LogP contribution in [0.5, 0.6) is 5.75 Å². The monoisotopic (exact) mass is 189 g/mol. The van der Waals surface area contributed by atoms with E-state index in [2.05, 4.69) is 15.9 Å². The molecule has 0 aromatic heterocycles. The topological polar surface area (TPSA) is 23.1 Å². The SMILES string of the molecule is [O-]c1ccc(Br)cc1F. The summed E-state index contributed by atoms with van der Waals surface area (Å²) in [5.41, 5.74) is 0. The molecular weight excluding hydrogens is 187 g/mol. The first-order chi connectivity index (χ1) is 4.20. The number of hydrogen-bond acceptors (Lipinski definition) is 1. The van der Waals surface area contributed by atoms with E-state index < -0.39 is 11.6 Å². The van der Waals surface area contributed by atoms with E-state index in [1.165, 1.54) is 12.1 Å². The summed E-state index contributed by atoms with van der Waals surface area (Å²) in [5.74, 6) is -1.29. The summed E-state index contributed by atoms with van der Waals surface area (Å²) in [6.45, 7) is 0. The first kappa shape index (κ1) is 6.55. The van der Waals surface area contributed by atoms with E-state index in [9.17, 15) is 9.50 Å². The highest BCUT2D eigenvalue weighted by atomic mass is 79.9. The molecule has 1 aromatic rings. The van der Waals surface area contributed by atoms with Crippen molar-refractivity contribution in [1.29, 1.82) is 0 Å². The molecule has 48 valence electrons. The van der Waals surface area contributed by atoms with Crippen LogP contribution in [0.3, 0.4) is 0 Å². The average molecular weight is 190 g/mol. The van der Waals surface area contributed by atoms with E-state index in [0.717, 1.165) is 6.07 Å². The van der Waals surface area contributed by atoms with E-state index in [4.69, 9.17) is 0 Å². The molecular formula is C6H3BrFO-. The number of rotatable bonds is 0. The molecule has 0 fully saturated rings. The van der Waals surface area contributed by atoms with Crippen molar-refractivity contribution in [2.45, 2.75) is 0 Å². The first-order valence-electron chi connectivity index (χ1n) is 2.32. The second kappa shape index (κ2) is 2.35. The van der Waals surface area contributed by atoms with Crippen LogP contribution in [-0.2, 0) is 0 Å². The van der Waals surface area contributed by atoms with Gasteiger partial charge in [0, 0.05) is 4.47 Å². The zero-order valence-corrected chi connectivity index (χ0v) is 5.98. The van der Waals surface area contributed by atoms with Gasteiger partial charge in [-0.2, -0.15) is 0 Å². The number of hydrogen-bond donors (Lipinski definition) is 0. The van der Waals surface area contributed by atoms with Crippen molar-refractivity contribution in [1.82, 2.24) is 0 Å². The molecule has 0 unspecified atom stereocenters. The molecule has 0 heterocycles. The zero-order chi connectivity index (χ0) is 6.85. The summed E-state index contributed by atoms with van der Waals surface area (Å²) in [5, 5.41) is 10.4. The Balaban J connectivity index is 3.17. The maximum atomic E-state index is 12.2. The summed E-state index contributed by atoms with van der Waals surface area (Å²) in [7, 11) is 0.